The standard InChI is InChI=1S/C9H18O5/c1-2-4-14-9(11)8-13-7-6-12-5-3-10/h2,9-11H,1,3-8H2. The Morgan fingerprint density at radius 1 is 1.21 bits per heavy atom. The first-order chi connectivity index (χ1) is 6.81. The highest BCUT2D eigenvalue weighted by molar-refractivity contribution is 4.64. The van der Waals surface area contributed by atoms with E-state index in [0.717, 1.165) is 0 Å². The third-order valence-electron chi connectivity index (χ3n) is 1.27. The van der Waals surface area contributed by atoms with Crippen LogP contribution in [0.4, 0.5) is 0 Å². The van der Waals surface area contributed by atoms with Gasteiger partial charge in [-0.2, -0.15) is 0 Å². The lowest BCUT2D eigenvalue weighted by Crippen LogP contribution is -2.20. The Labute approximate surface area is 83.9 Å². The molecule has 5 nitrogen and oxygen atoms in total. The van der Waals surface area contributed by atoms with Crippen molar-refractivity contribution in [3.63, 3.8) is 0 Å². The zero-order valence-corrected chi connectivity index (χ0v) is 8.22. The quantitative estimate of drug-likeness (QED) is 0.287. The van der Waals surface area contributed by atoms with Gasteiger partial charge in [-0.3, -0.25) is 0 Å². The summed E-state index contributed by atoms with van der Waals surface area (Å²) in [5.41, 5.74) is 0. The van der Waals surface area contributed by atoms with Gasteiger partial charge in [0.05, 0.1) is 39.6 Å². The van der Waals surface area contributed by atoms with Gasteiger partial charge in [0, 0.05) is 0 Å². The van der Waals surface area contributed by atoms with Gasteiger partial charge >= 0.3 is 0 Å². The first-order valence-corrected chi connectivity index (χ1v) is 4.48. The Kier molecular flexibility index (Phi) is 10.3. The Bertz CT molecular complexity index is 128. The van der Waals surface area contributed by atoms with Crippen molar-refractivity contribution in [2.24, 2.45) is 0 Å². The van der Waals surface area contributed by atoms with Crippen molar-refractivity contribution in [3.8, 4) is 0 Å². The van der Waals surface area contributed by atoms with Crippen molar-refractivity contribution in [3.05, 3.63) is 12.7 Å². The molecule has 0 amide bonds. The van der Waals surface area contributed by atoms with Crippen molar-refractivity contribution in [2.45, 2.75) is 6.29 Å². The van der Waals surface area contributed by atoms with Crippen LogP contribution in [0.5, 0.6) is 0 Å². The zero-order chi connectivity index (χ0) is 10.6. The molecule has 0 heterocycles. The Morgan fingerprint density at radius 3 is 2.57 bits per heavy atom. The maximum Gasteiger partial charge on any atom is 0.178 e. The number of aliphatic hydroxyl groups excluding tert-OH is 2. The fourth-order valence-electron chi connectivity index (χ4n) is 0.696. The van der Waals surface area contributed by atoms with Crippen LogP contribution in [0.15, 0.2) is 12.7 Å². The molecule has 0 aromatic carbocycles. The monoisotopic (exact) mass is 206 g/mol. The van der Waals surface area contributed by atoms with E-state index < -0.39 is 6.29 Å². The third-order valence-corrected chi connectivity index (χ3v) is 1.27. The van der Waals surface area contributed by atoms with Gasteiger partial charge in [0.1, 0.15) is 0 Å². The van der Waals surface area contributed by atoms with Crippen molar-refractivity contribution >= 4 is 0 Å². The number of hydrogen-bond acceptors (Lipinski definition) is 5. The SMILES string of the molecule is C=CCOC(O)COCCOCCO. The van der Waals surface area contributed by atoms with Crippen LogP contribution < -0.4 is 0 Å². The van der Waals surface area contributed by atoms with Crippen LogP contribution in [0.3, 0.4) is 0 Å². The molecule has 0 bridgehead atoms. The van der Waals surface area contributed by atoms with Crippen LogP contribution in [-0.2, 0) is 14.2 Å². The highest BCUT2D eigenvalue weighted by atomic mass is 16.6. The number of aliphatic hydroxyl groups is 2. The van der Waals surface area contributed by atoms with Gasteiger partial charge in [-0.1, -0.05) is 6.08 Å². The Balaban J connectivity index is 3.06. The molecule has 84 valence electrons. The van der Waals surface area contributed by atoms with Crippen LogP contribution in [0.2, 0.25) is 0 Å². The fourth-order valence-corrected chi connectivity index (χ4v) is 0.696. The van der Waals surface area contributed by atoms with E-state index in [2.05, 4.69) is 6.58 Å². The lowest BCUT2D eigenvalue weighted by atomic mass is 10.6. The molecule has 0 spiro atoms. The van der Waals surface area contributed by atoms with E-state index in [1.807, 2.05) is 0 Å². The fraction of sp³-hybridized carbons (Fsp3) is 0.778. The summed E-state index contributed by atoms with van der Waals surface area (Å²) in [7, 11) is 0. The normalized spacial score (nSPS) is 12.7. The Hall–Kier alpha value is -0.460. The molecule has 0 aliphatic heterocycles. The van der Waals surface area contributed by atoms with E-state index in [1.165, 1.54) is 0 Å². The van der Waals surface area contributed by atoms with Gasteiger partial charge in [-0.05, 0) is 0 Å². The molecule has 0 aromatic rings. The van der Waals surface area contributed by atoms with Crippen LogP contribution in [0, 0.1) is 0 Å². The molecule has 0 radical (unpaired) electrons. The predicted molar refractivity (Wildman–Crippen MR) is 50.9 cm³/mol. The summed E-state index contributed by atoms with van der Waals surface area (Å²) in [5, 5.41) is 17.5. The molecule has 1 atom stereocenters. The lowest BCUT2D eigenvalue weighted by molar-refractivity contribution is -0.133. The van der Waals surface area contributed by atoms with Crippen molar-refractivity contribution in [1.82, 2.24) is 0 Å². The van der Waals surface area contributed by atoms with E-state index in [4.69, 9.17) is 24.4 Å². The summed E-state index contributed by atoms with van der Waals surface area (Å²) >= 11 is 0. The zero-order valence-electron chi connectivity index (χ0n) is 8.22. The molecule has 0 rings (SSSR count). The molecule has 5 heteroatoms. The molecule has 0 fully saturated rings. The maximum atomic E-state index is 9.11. The summed E-state index contributed by atoms with van der Waals surface area (Å²) < 4.78 is 14.8. The van der Waals surface area contributed by atoms with Crippen LogP contribution in [0.1, 0.15) is 0 Å². The third kappa shape index (κ3) is 9.63. The molecule has 0 saturated heterocycles. The molecular weight excluding hydrogens is 188 g/mol. The number of ether oxygens (including phenoxy) is 3. The Morgan fingerprint density at radius 2 is 1.93 bits per heavy atom. The summed E-state index contributed by atoms with van der Waals surface area (Å²) in [4.78, 5) is 0. The van der Waals surface area contributed by atoms with Gasteiger partial charge < -0.3 is 24.4 Å². The number of rotatable bonds is 10. The van der Waals surface area contributed by atoms with Crippen molar-refractivity contribution in [1.29, 1.82) is 0 Å². The summed E-state index contributed by atoms with van der Waals surface area (Å²) in [6.45, 7) is 4.92. The van der Waals surface area contributed by atoms with Gasteiger partial charge in [-0.15, -0.1) is 6.58 Å². The lowest BCUT2D eigenvalue weighted by Gasteiger charge is -2.10. The maximum absolute atomic E-state index is 9.11. The average Bonchev–Trinajstić information content (AvgIpc) is 2.20. The van der Waals surface area contributed by atoms with Crippen LogP contribution >= 0.6 is 0 Å². The van der Waals surface area contributed by atoms with Gasteiger partial charge in [0.15, 0.2) is 6.29 Å². The minimum atomic E-state index is -0.925. The van der Waals surface area contributed by atoms with Gasteiger partial charge in [-0.25, -0.2) is 0 Å². The van der Waals surface area contributed by atoms with Crippen molar-refractivity contribution in [2.75, 3.05) is 39.6 Å². The largest absolute Gasteiger partial charge is 0.394 e. The van der Waals surface area contributed by atoms with E-state index in [0.29, 0.717) is 26.4 Å². The number of hydrogen-bond donors (Lipinski definition) is 2. The average molecular weight is 206 g/mol. The predicted octanol–water partition coefficient (Wildman–Crippen LogP) is -0.467. The molecule has 0 saturated carbocycles. The minimum Gasteiger partial charge on any atom is -0.394 e. The first-order valence-electron chi connectivity index (χ1n) is 4.48. The topological polar surface area (TPSA) is 68.2 Å². The van der Waals surface area contributed by atoms with Crippen LogP contribution in [0.25, 0.3) is 0 Å². The smallest absolute Gasteiger partial charge is 0.178 e. The van der Waals surface area contributed by atoms with Crippen molar-refractivity contribution < 1.29 is 24.4 Å². The second-order valence-electron chi connectivity index (χ2n) is 2.49. The highest BCUT2D eigenvalue weighted by Crippen LogP contribution is 1.89. The first kappa shape index (κ1) is 13.5. The molecule has 2 N–H and O–H groups in total. The van der Waals surface area contributed by atoms with Gasteiger partial charge in [0.25, 0.3) is 0 Å². The second-order valence-corrected chi connectivity index (χ2v) is 2.49. The highest BCUT2D eigenvalue weighted by Gasteiger charge is 2.01. The summed E-state index contributed by atoms with van der Waals surface area (Å²) in [6, 6.07) is 0. The van der Waals surface area contributed by atoms with E-state index in [-0.39, 0.29) is 13.2 Å². The molecule has 14 heavy (non-hydrogen) atoms. The molecular formula is C9H18O5. The van der Waals surface area contributed by atoms with Crippen LogP contribution in [-0.4, -0.2) is 56.1 Å². The minimum absolute atomic E-state index is 0.00503. The van der Waals surface area contributed by atoms with Gasteiger partial charge in [0.2, 0.25) is 0 Å². The molecule has 0 aromatic heterocycles. The summed E-state index contributed by atoms with van der Waals surface area (Å²) in [5.74, 6) is 0. The van der Waals surface area contributed by atoms with E-state index >= 15 is 0 Å². The second kappa shape index (κ2) is 10.6. The summed E-state index contributed by atoms with van der Waals surface area (Å²) in [6.07, 6.45) is 0.624. The molecule has 0 aliphatic rings. The van der Waals surface area contributed by atoms with E-state index in [9.17, 15) is 0 Å². The van der Waals surface area contributed by atoms with E-state index in [1.54, 1.807) is 6.08 Å². The molecule has 1 unspecified atom stereocenters. The molecule has 0 aliphatic carbocycles.